The Morgan fingerprint density at radius 3 is 2.50 bits per heavy atom. The van der Waals surface area contributed by atoms with Crippen molar-refractivity contribution in [3.63, 3.8) is 0 Å². The molecule has 4 saturated heterocycles. The van der Waals surface area contributed by atoms with Crippen LogP contribution in [-0.2, 0) is 25.7 Å². The summed E-state index contributed by atoms with van der Waals surface area (Å²) in [5.74, 6) is -0.892. The largest absolute Gasteiger partial charge is 0.451 e. The summed E-state index contributed by atoms with van der Waals surface area (Å²) in [6.07, 6.45) is -3.09. The van der Waals surface area contributed by atoms with E-state index in [0.29, 0.717) is 13.1 Å². The monoisotopic (exact) mass is 451 g/mol. The first-order valence-electron chi connectivity index (χ1n) is 9.63. The minimum absolute atomic E-state index is 0.0202. The van der Waals surface area contributed by atoms with Gasteiger partial charge >= 0.3 is 6.18 Å². The summed E-state index contributed by atoms with van der Waals surface area (Å²) in [5.41, 5.74) is 0. The zero-order chi connectivity index (χ0) is 21.7. The summed E-state index contributed by atoms with van der Waals surface area (Å²) in [6.45, 7) is 1.79. The van der Waals surface area contributed by atoms with Crippen molar-refractivity contribution in [2.75, 3.05) is 62.4 Å². The highest BCUT2D eigenvalue weighted by molar-refractivity contribution is 7.88. The second-order valence-electron chi connectivity index (χ2n) is 7.92. The van der Waals surface area contributed by atoms with E-state index in [9.17, 15) is 21.6 Å². The van der Waals surface area contributed by atoms with Crippen molar-refractivity contribution < 1.29 is 31.1 Å². The standard InChI is InChI=1S/C17H24F3N5O4S/c1-23(7-13-10-25(3-4-28-13)30(2,26)27)14-6-15(22-16(21-14)17(18,19)20)24-8-11-5-12(9-24)29-11/h6,11-13H,3-5,7-10H2,1-2H3. The molecule has 30 heavy (non-hydrogen) atoms. The Labute approximate surface area is 172 Å². The maximum atomic E-state index is 13.4. The van der Waals surface area contributed by atoms with E-state index in [1.54, 1.807) is 11.9 Å². The number of rotatable bonds is 5. The number of likely N-dealkylation sites (N-methyl/N-ethyl adjacent to an activating group) is 1. The minimum atomic E-state index is -4.69. The van der Waals surface area contributed by atoms with Crippen molar-refractivity contribution in [2.24, 2.45) is 0 Å². The van der Waals surface area contributed by atoms with Crippen LogP contribution in [0.1, 0.15) is 12.2 Å². The fraction of sp³-hybridized carbons (Fsp3) is 0.765. The molecule has 0 aromatic carbocycles. The second kappa shape index (κ2) is 7.77. The van der Waals surface area contributed by atoms with Gasteiger partial charge in [-0.25, -0.2) is 18.4 Å². The first kappa shape index (κ1) is 21.5. The lowest BCUT2D eigenvalue weighted by atomic mass is 9.99. The first-order valence-corrected chi connectivity index (χ1v) is 11.5. The SMILES string of the molecule is CN(CC1CN(S(C)(=O)=O)CCO1)c1cc(N2CC3CC(C2)O3)nc(C(F)(F)F)n1. The van der Waals surface area contributed by atoms with Gasteiger partial charge in [-0.3, -0.25) is 0 Å². The lowest BCUT2D eigenvalue weighted by Crippen LogP contribution is -2.57. The smallest absolute Gasteiger partial charge is 0.374 e. The molecule has 9 nitrogen and oxygen atoms in total. The molecule has 0 saturated carbocycles. The van der Waals surface area contributed by atoms with Gasteiger partial charge in [0, 0.05) is 52.3 Å². The molecule has 0 aliphatic carbocycles. The molecule has 0 amide bonds. The van der Waals surface area contributed by atoms with Gasteiger partial charge in [-0.1, -0.05) is 0 Å². The van der Waals surface area contributed by atoms with E-state index >= 15 is 0 Å². The highest BCUT2D eigenvalue weighted by Crippen LogP contribution is 2.34. The fourth-order valence-corrected chi connectivity index (χ4v) is 4.80. The normalized spacial score (nSPS) is 27.6. The van der Waals surface area contributed by atoms with E-state index < -0.39 is 28.1 Å². The van der Waals surface area contributed by atoms with Crippen molar-refractivity contribution in [2.45, 2.75) is 30.9 Å². The highest BCUT2D eigenvalue weighted by atomic mass is 32.2. The number of fused-ring (bicyclic) bond motifs is 2. The molecule has 1 aromatic rings. The number of aromatic nitrogens is 2. The van der Waals surface area contributed by atoms with Gasteiger partial charge in [0.15, 0.2) is 0 Å². The summed E-state index contributed by atoms with van der Waals surface area (Å²) in [4.78, 5) is 10.8. The summed E-state index contributed by atoms with van der Waals surface area (Å²) in [5, 5.41) is 0. The molecule has 0 N–H and O–H groups in total. The van der Waals surface area contributed by atoms with E-state index in [2.05, 4.69) is 9.97 Å². The molecule has 4 aliphatic rings. The number of sulfonamides is 1. The molecule has 3 unspecified atom stereocenters. The summed E-state index contributed by atoms with van der Waals surface area (Å²) >= 11 is 0. The molecule has 2 bridgehead atoms. The van der Waals surface area contributed by atoms with Gasteiger partial charge in [0.1, 0.15) is 11.6 Å². The Bertz CT molecular complexity index is 884. The highest BCUT2D eigenvalue weighted by Gasteiger charge is 2.41. The van der Waals surface area contributed by atoms with E-state index in [-0.39, 0.29) is 50.1 Å². The van der Waals surface area contributed by atoms with Crippen LogP contribution in [0, 0.1) is 0 Å². The number of nitrogens with zero attached hydrogens (tertiary/aromatic N) is 5. The third kappa shape index (κ3) is 4.63. The van der Waals surface area contributed by atoms with Crippen molar-refractivity contribution >= 4 is 21.7 Å². The number of hydrogen-bond donors (Lipinski definition) is 0. The van der Waals surface area contributed by atoms with Crippen LogP contribution in [-0.4, -0.2) is 93.6 Å². The number of ether oxygens (including phenoxy) is 2. The van der Waals surface area contributed by atoms with Gasteiger partial charge in [0.25, 0.3) is 0 Å². The zero-order valence-electron chi connectivity index (χ0n) is 16.7. The van der Waals surface area contributed by atoms with Crippen LogP contribution in [0.4, 0.5) is 24.8 Å². The van der Waals surface area contributed by atoms with E-state index in [1.165, 1.54) is 15.3 Å². The molecule has 0 radical (unpaired) electrons. The van der Waals surface area contributed by atoms with Crippen LogP contribution in [0.25, 0.3) is 0 Å². The molecule has 3 atom stereocenters. The molecule has 4 fully saturated rings. The number of halogens is 3. The fourth-order valence-electron chi connectivity index (χ4n) is 3.95. The Balaban J connectivity index is 1.54. The van der Waals surface area contributed by atoms with Gasteiger partial charge in [-0.15, -0.1) is 0 Å². The van der Waals surface area contributed by atoms with Crippen molar-refractivity contribution in [3.8, 4) is 0 Å². The third-order valence-electron chi connectivity index (χ3n) is 5.47. The van der Waals surface area contributed by atoms with Crippen LogP contribution in [0.2, 0.25) is 0 Å². The van der Waals surface area contributed by atoms with E-state index in [1.807, 2.05) is 0 Å². The van der Waals surface area contributed by atoms with Crippen molar-refractivity contribution in [1.29, 1.82) is 0 Å². The lowest BCUT2D eigenvalue weighted by molar-refractivity contribution is -0.145. The number of hydrogen-bond acceptors (Lipinski definition) is 8. The molecular formula is C17H24F3N5O4S. The number of morpholine rings is 2. The molecule has 1 aromatic heterocycles. The number of anilines is 2. The van der Waals surface area contributed by atoms with Crippen molar-refractivity contribution in [3.05, 3.63) is 11.9 Å². The Kier molecular flexibility index (Phi) is 5.58. The van der Waals surface area contributed by atoms with E-state index in [0.717, 1.165) is 12.7 Å². The first-order chi connectivity index (χ1) is 14.0. The predicted molar refractivity (Wildman–Crippen MR) is 102 cm³/mol. The van der Waals surface area contributed by atoms with Gasteiger partial charge in [-0.05, 0) is 0 Å². The number of alkyl halides is 3. The molecule has 4 aliphatic heterocycles. The van der Waals surface area contributed by atoms with Gasteiger partial charge in [-0.2, -0.15) is 17.5 Å². The topological polar surface area (TPSA) is 88.1 Å². The van der Waals surface area contributed by atoms with Crippen LogP contribution in [0.3, 0.4) is 0 Å². The number of piperidine rings is 1. The summed E-state index contributed by atoms with van der Waals surface area (Å²) in [6, 6.07) is 1.52. The summed E-state index contributed by atoms with van der Waals surface area (Å²) < 4.78 is 76.3. The molecular weight excluding hydrogens is 427 g/mol. The van der Waals surface area contributed by atoms with Gasteiger partial charge in [0.05, 0.1) is 31.2 Å². The summed E-state index contributed by atoms with van der Waals surface area (Å²) in [7, 11) is -1.76. The van der Waals surface area contributed by atoms with Crippen LogP contribution in [0.15, 0.2) is 6.07 Å². The average Bonchev–Trinajstić information content (AvgIpc) is 2.66. The average molecular weight is 451 g/mol. The molecule has 0 spiro atoms. The molecule has 5 heterocycles. The van der Waals surface area contributed by atoms with Gasteiger partial charge in [0.2, 0.25) is 15.8 Å². The zero-order valence-corrected chi connectivity index (χ0v) is 17.5. The Morgan fingerprint density at radius 1 is 1.23 bits per heavy atom. The van der Waals surface area contributed by atoms with E-state index in [4.69, 9.17) is 9.47 Å². The van der Waals surface area contributed by atoms with Crippen LogP contribution in [0.5, 0.6) is 0 Å². The molecule has 5 rings (SSSR count). The van der Waals surface area contributed by atoms with Gasteiger partial charge < -0.3 is 19.3 Å². The Hall–Kier alpha value is -1.70. The second-order valence-corrected chi connectivity index (χ2v) is 9.90. The molecule has 13 heteroatoms. The third-order valence-corrected chi connectivity index (χ3v) is 6.74. The predicted octanol–water partition coefficient (Wildman–Crippen LogP) is 0.570. The quantitative estimate of drug-likeness (QED) is 0.642. The molecule has 168 valence electrons. The maximum absolute atomic E-state index is 13.4. The maximum Gasteiger partial charge on any atom is 0.451 e. The minimum Gasteiger partial charge on any atom is -0.374 e. The lowest BCUT2D eigenvalue weighted by Gasteiger charge is -2.47. The van der Waals surface area contributed by atoms with Crippen molar-refractivity contribution in [1.82, 2.24) is 14.3 Å². The van der Waals surface area contributed by atoms with Crippen LogP contribution >= 0.6 is 0 Å². The Morgan fingerprint density at radius 2 is 1.90 bits per heavy atom. The van der Waals surface area contributed by atoms with Crippen LogP contribution < -0.4 is 9.80 Å².